The fraction of sp³-hybridized carbons (Fsp3) is 0.312. The number of hydrogen-bond donors (Lipinski definition) is 1. The summed E-state index contributed by atoms with van der Waals surface area (Å²) in [6, 6.07) is 14.2. The molecule has 0 unspecified atom stereocenters. The summed E-state index contributed by atoms with van der Waals surface area (Å²) in [5.74, 6) is 1.62. The van der Waals surface area contributed by atoms with Gasteiger partial charge in [-0.15, -0.1) is 0 Å². The molecule has 1 aromatic heterocycles. The van der Waals surface area contributed by atoms with Gasteiger partial charge in [0.05, 0.1) is 6.10 Å². The van der Waals surface area contributed by atoms with Crippen LogP contribution in [0, 0.1) is 0 Å². The van der Waals surface area contributed by atoms with Gasteiger partial charge in [-0.05, 0) is 38.0 Å². The van der Waals surface area contributed by atoms with Crippen LogP contribution in [-0.2, 0) is 6.42 Å². The van der Waals surface area contributed by atoms with Gasteiger partial charge in [0.1, 0.15) is 0 Å². The molecule has 0 aliphatic heterocycles. The van der Waals surface area contributed by atoms with E-state index in [1.165, 1.54) is 5.56 Å². The number of nitrogens with one attached hydrogen (secondary N) is 1. The van der Waals surface area contributed by atoms with E-state index in [4.69, 9.17) is 4.74 Å². The summed E-state index contributed by atoms with van der Waals surface area (Å²) >= 11 is 0. The minimum atomic E-state index is 0.152. The molecule has 0 aliphatic carbocycles. The van der Waals surface area contributed by atoms with Gasteiger partial charge in [0, 0.05) is 12.7 Å². The van der Waals surface area contributed by atoms with Crippen molar-refractivity contribution in [2.24, 2.45) is 0 Å². The van der Waals surface area contributed by atoms with E-state index in [0.717, 1.165) is 24.5 Å². The zero-order chi connectivity index (χ0) is 13.5. The van der Waals surface area contributed by atoms with Crippen LogP contribution >= 0.6 is 0 Å². The Balaban J connectivity index is 1.92. The molecule has 0 atom stereocenters. The standard InChI is InChI=1S/C16H20N2O/c1-13(2)19-15-9-6-11-17-16(15)18-12-10-14-7-4-3-5-8-14/h3-9,11,13H,10,12H2,1-2H3,(H,17,18). The molecule has 1 heterocycles. The van der Waals surface area contributed by atoms with Crippen LogP contribution in [0.3, 0.4) is 0 Å². The lowest BCUT2D eigenvalue weighted by Crippen LogP contribution is -2.11. The minimum absolute atomic E-state index is 0.152. The van der Waals surface area contributed by atoms with Gasteiger partial charge in [0.25, 0.3) is 0 Å². The number of aromatic nitrogens is 1. The molecule has 100 valence electrons. The minimum Gasteiger partial charge on any atom is -0.487 e. The third-order valence-corrected chi connectivity index (χ3v) is 2.68. The molecule has 0 saturated carbocycles. The second kappa shape index (κ2) is 6.78. The van der Waals surface area contributed by atoms with Gasteiger partial charge >= 0.3 is 0 Å². The lowest BCUT2D eigenvalue weighted by atomic mass is 10.1. The molecule has 0 fully saturated rings. The Bertz CT molecular complexity index is 497. The Morgan fingerprint density at radius 1 is 1.11 bits per heavy atom. The van der Waals surface area contributed by atoms with E-state index in [9.17, 15) is 0 Å². The van der Waals surface area contributed by atoms with Crippen LogP contribution in [0.25, 0.3) is 0 Å². The molecule has 3 nitrogen and oxygen atoms in total. The second-order valence-electron chi connectivity index (χ2n) is 4.68. The lowest BCUT2D eigenvalue weighted by molar-refractivity contribution is 0.243. The van der Waals surface area contributed by atoms with Crippen LogP contribution in [0.4, 0.5) is 5.82 Å². The average molecular weight is 256 g/mol. The van der Waals surface area contributed by atoms with Crippen molar-refractivity contribution in [2.45, 2.75) is 26.4 Å². The number of anilines is 1. The molecule has 0 spiro atoms. The van der Waals surface area contributed by atoms with Crippen LogP contribution in [-0.4, -0.2) is 17.6 Å². The maximum atomic E-state index is 5.72. The summed E-state index contributed by atoms with van der Waals surface area (Å²) in [6.45, 7) is 4.87. The predicted octanol–water partition coefficient (Wildman–Crippen LogP) is 3.52. The van der Waals surface area contributed by atoms with Crippen LogP contribution in [0.2, 0.25) is 0 Å². The quantitative estimate of drug-likeness (QED) is 0.858. The highest BCUT2D eigenvalue weighted by Crippen LogP contribution is 2.21. The number of benzene rings is 1. The maximum absolute atomic E-state index is 5.72. The molecule has 1 N–H and O–H groups in total. The zero-order valence-corrected chi connectivity index (χ0v) is 11.5. The van der Waals surface area contributed by atoms with Crippen LogP contribution in [0.15, 0.2) is 48.7 Å². The molecule has 0 saturated heterocycles. The molecule has 0 radical (unpaired) electrons. The van der Waals surface area contributed by atoms with Crippen molar-refractivity contribution in [1.82, 2.24) is 4.98 Å². The number of hydrogen-bond acceptors (Lipinski definition) is 3. The Kier molecular flexibility index (Phi) is 4.78. The first-order valence-electron chi connectivity index (χ1n) is 6.65. The molecule has 2 rings (SSSR count). The van der Waals surface area contributed by atoms with Gasteiger partial charge in [-0.1, -0.05) is 30.3 Å². The summed E-state index contributed by atoms with van der Waals surface area (Å²) in [4.78, 5) is 4.33. The van der Waals surface area contributed by atoms with Crippen molar-refractivity contribution in [3.63, 3.8) is 0 Å². The molecule has 2 aromatic rings. The van der Waals surface area contributed by atoms with E-state index >= 15 is 0 Å². The Morgan fingerprint density at radius 3 is 2.63 bits per heavy atom. The van der Waals surface area contributed by atoms with E-state index in [2.05, 4.69) is 34.6 Å². The van der Waals surface area contributed by atoms with Gasteiger partial charge in [-0.25, -0.2) is 4.98 Å². The van der Waals surface area contributed by atoms with Crippen molar-refractivity contribution < 1.29 is 4.74 Å². The van der Waals surface area contributed by atoms with Crippen molar-refractivity contribution in [2.75, 3.05) is 11.9 Å². The van der Waals surface area contributed by atoms with Crippen LogP contribution in [0.1, 0.15) is 19.4 Å². The number of rotatable bonds is 6. The van der Waals surface area contributed by atoms with Gasteiger partial charge in [-0.2, -0.15) is 0 Å². The smallest absolute Gasteiger partial charge is 0.168 e. The highest BCUT2D eigenvalue weighted by molar-refractivity contribution is 5.49. The molecule has 3 heteroatoms. The number of nitrogens with zero attached hydrogens (tertiary/aromatic N) is 1. The molecule has 1 aromatic carbocycles. The molecular weight excluding hydrogens is 236 g/mol. The maximum Gasteiger partial charge on any atom is 0.168 e. The summed E-state index contributed by atoms with van der Waals surface area (Å²) in [5.41, 5.74) is 1.32. The summed E-state index contributed by atoms with van der Waals surface area (Å²) < 4.78 is 5.72. The van der Waals surface area contributed by atoms with Crippen LogP contribution < -0.4 is 10.1 Å². The van der Waals surface area contributed by atoms with E-state index < -0.39 is 0 Å². The topological polar surface area (TPSA) is 34.1 Å². The normalized spacial score (nSPS) is 10.5. The van der Waals surface area contributed by atoms with Crippen molar-refractivity contribution >= 4 is 5.82 Å². The summed E-state index contributed by atoms with van der Waals surface area (Å²) in [6.07, 6.45) is 2.90. The first-order valence-corrected chi connectivity index (χ1v) is 6.65. The van der Waals surface area contributed by atoms with Gasteiger partial charge < -0.3 is 10.1 Å². The number of pyridine rings is 1. The Hall–Kier alpha value is -2.03. The van der Waals surface area contributed by atoms with E-state index in [-0.39, 0.29) is 6.10 Å². The van der Waals surface area contributed by atoms with Gasteiger partial charge in [0.15, 0.2) is 11.6 Å². The second-order valence-corrected chi connectivity index (χ2v) is 4.68. The number of ether oxygens (including phenoxy) is 1. The van der Waals surface area contributed by atoms with E-state index in [1.807, 2.05) is 32.0 Å². The lowest BCUT2D eigenvalue weighted by Gasteiger charge is -2.14. The highest BCUT2D eigenvalue weighted by atomic mass is 16.5. The van der Waals surface area contributed by atoms with Crippen molar-refractivity contribution in [3.05, 3.63) is 54.2 Å². The molecule has 19 heavy (non-hydrogen) atoms. The Morgan fingerprint density at radius 2 is 1.89 bits per heavy atom. The molecular formula is C16H20N2O. The molecule has 0 bridgehead atoms. The summed E-state index contributed by atoms with van der Waals surface area (Å²) in [5, 5.41) is 3.33. The first kappa shape index (κ1) is 13.4. The van der Waals surface area contributed by atoms with Gasteiger partial charge in [0.2, 0.25) is 0 Å². The summed E-state index contributed by atoms with van der Waals surface area (Å²) in [7, 11) is 0. The van der Waals surface area contributed by atoms with E-state index in [0.29, 0.717) is 0 Å². The SMILES string of the molecule is CC(C)Oc1cccnc1NCCc1ccccc1. The van der Waals surface area contributed by atoms with Crippen molar-refractivity contribution in [3.8, 4) is 5.75 Å². The van der Waals surface area contributed by atoms with Crippen molar-refractivity contribution in [1.29, 1.82) is 0 Å². The monoisotopic (exact) mass is 256 g/mol. The average Bonchev–Trinajstić information content (AvgIpc) is 2.41. The van der Waals surface area contributed by atoms with E-state index in [1.54, 1.807) is 6.20 Å². The zero-order valence-electron chi connectivity index (χ0n) is 11.5. The third-order valence-electron chi connectivity index (χ3n) is 2.68. The first-order chi connectivity index (χ1) is 9.25. The van der Waals surface area contributed by atoms with Gasteiger partial charge in [-0.3, -0.25) is 0 Å². The molecule has 0 amide bonds. The largest absolute Gasteiger partial charge is 0.487 e. The Labute approximate surface area is 114 Å². The fourth-order valence-corrected chi connectivity index (χ4v) is 1.84. The predicted molar refractivity (Wildman–Crippen MR) is 78.6 cm³/mol. The molecule has 0 aliphatic rings. The highest BCUT2D eigenvalue weighted by Gasteiger charge is 2.05. The fourth-order valence-electron chi connectivity index (χ4n) is 1.84. The van der Waals surface area contributed by atoms with Crippen LogP contribution in [0.5, 0.6) is 5.75 Å². The third kappa shape index (κ3) is 4.28.